The van der Waals surface area contributed by atoms with E-state index in [4.69, 9.17) is 9.72 Å². The summed E-state index contributed by atoms with van der Waals surface area (Å²) in [5, 5.41) is 0. The number of rotatable bonds is 9. The number of nitrogens with zero attached hydrogens (tertiary/aromatic N) is 4. The number of ether oxygens (including phenoxy) is 1. The Hall–Kier alpha value is -2.75. The van der Waals surface area contributed by atoms with Crippen LogP contribution in [-0.2, 0) is 39.1 Å². The van der Waals surface area contributed by atoms with Gasteiger partial charge in [0.05, 0.1) is 29.1 Å². The molecule has 0 radical (unpaired) electrons. The second kappa shape index (κ2) is 10.7. The van der Waals surface area contributed by atoms with E-state index >= 15 is 0 Å². The second-order valence-corrected chi connectivity index (χ2v) is 10.3. The smallest absolute Gasteiger partial charge is 0.243 e. The van der Waals surface area contributed by atoms with Crippen LogP contribution in [0.5, 0.6) is 0 Å². The molecular formula is C25H32N4O4S. The van der Waals surface area contributed by atoms with E-state index in [0.717, 1.165) is 16.9 Å². The highest BCUT2D eigenvalue weighted by molar-refractivity contribution is 7.89. The first kappa shape index (κ1) is 24.4. The lowest BCUT2D eigenvalue weighted by atomic mass is 10.2. The number of carbonyl (C=O) groups excluding carboxylic acids is 1. The second-order valence-electron chi connectivity index (χ2n) is 8.33. The topological polar surface area (TPSA) is 84.7 Å². The predicted octanol–water partition coefficient (Wildman–Crippen LogP) is 3.06. The van der Waals surface area contributed by atoms with E-state index in [9.17, 15) is 13.2 Å². The Labute approximate surface area is 201 Å². The molecule has 1 saturated heterocycles. The molecule has 0 saturated carbocycles. The first-order valence-corrected chi connectivity index (χ1v) is 13.3. The van der Waals surface area contributed by atoms with Gasteiger partial charge in [-0.05, 0) is 37.6 Å². The molecule has 0 N–H and O–H groups in total. The minimum atomic E-state index is -3.59. The van der Waals surface area contributed by atoms with E-state index in [-0.39, 0.29) is 10.8 Å². The summed E-state index contributed by atoms with van der Waals surface area (Å²) in [6.45, 7) is 7.45. The molecule has 0 unspecified atom stereocenters. The SMILES string of the molecule is CCN(Cc1ccccc1)C(=O)CCc1nc2cc(S(=O)(=O)N3CCOCC3)ccc2n1CC. The van der Waals surface area contributed by atoms with Crippen molar-refractivity contribution in [1.82, 2.24) is 18.8 Å². The molecule has 9 heteroatoms. The average molecular weight is 485 g/mol. The van der Waals surface area contributed by atoms with Crippen molar-refractivity contribution in [3.63, 3.8) is 0 Å². The number of hydrogen-bond acceptors (Lipinski definition) is 5. The average Bonchev–Trinajstić information content (AvgIpc) is 3.23. The van der Waals surface area contributed by atoms with Crippen LogP contribution in [-0.4, -0.2) is 65.9 Å². The number of amides is 1. The molecule has 1 aliphatic heterocycles. The molecule has 0 atom stereocenters. The fourth-order valence-corrected chi connectivity index (χ4v) is 5.79. The van der Waals surface area contributed by atoms with Crippen LogP contribution in [0, 0.1) is 0 Å². The van der Waals surface area contributed by atoms with Gasteiger partial charge in [0.2, 0.25) is 15.9 Å². The predicted molar refractivity (Wildman–Crippen MR) is 131 cm³/mol. The zero-order chi connectivity index (χ0) is 24.1. The molecule has 0 spiro atoms. The molecule has 1 amide bonds. The minimum absolute atomic E-state index is 0.0802. The molecule has 1 fully saturated rings. The van der Waals surface area contributed by atoms with E-state index in [0.29, 0.717) is 64.3 Å². The number of aryl methyl sites for hydroxylation is 2. The zero-order valence-electron chi connectivity index (χ0n) is 19.8. The fraction of sp³-hybridized carbons (Fsp3) is 0.440. The Bertz CT molecular complexity index is 1230. The number of fused-ring (bicyclic) bond motifs is 1. The normalized spacial score (nSPS) is 15.0. The molecule has 1 aliphatic rings. The summed E-state index contributed by atoms with van der Waals surface area (Å²) in [6, 6.07) is 15.1. The van der Waals surface area contributed by atoms with Gasteiger partial charge in [-0.1, -0.05) is 30.3 Å². The van der Waals surface area contributed by atoms with Crippen LogP contribution in [0.25, 0.3) is 11.0 Å². The molecule has 1 aromatic heterocycles. The quantitative estimate of drug-likeness (QED) is 0.466. The first-order valence-electron chi connectivity index (χ1n) is 11.8. The highest BCUT2D eigenvalue weighted by Gasteiger charge is 2.27. The Morgan fingerprint density at radius 3 is 2.50 bits per heavy atom. The van der Waals surface area contributed by atoms with Gasteiger partial charge in [-0.3, -0.25) is 4.79 Å². The summed E-state index contributed by atoms with van der Waals surface area (Å²) in [5.41, 5.74) is 2.62. The number of sulfonamides is 1. The van der Waals surface area contributed by atoms with Gasteiger partial charge in [-0.2, -0.15) is 4.31 Å². The van der Waals surface area contributed by atoms with E-state index in [1.54, 1.807) is 12.1 Å². The molecule has 2 aromatic carbocycles. The fourth-order valence-electron chi connectivity index (χ4n) is 4.36. The van der Waals surface area contributed by atoms with Gasteiger partial charge in [0.15, 0.2) is 0 Å². The number of imidazole rings is 1. The monoisotopic (exact) mass is 484 g/mol. The molecule has 8 nitrogen and oxygen atoms in total. The summed E-state index contributed by atoms with van der Waals surface area (Å²) >= 11 is 0. The van der Waals surface area contributed by atoms with Crippen molar-refractivity contribution in [2.75, 3.05) is 32.8 Å². The summed E-state index contributed by atoms with van der Waals surface area (Å²) < 4.78 is 34.9. The van der Waals surface area contributed by atoms with Crippen LogP contribution in [0.1, 0.15) is 31.7 Å². The summed E-state index contributed by atoms with van der Waals surface area (Å²) in [6.07, 6.45) is 0.848. The molecule has 4 rings (SSSR count). The van der Waals surface area contributed by atoms with E-state index in [1.807, 2.05) is 55.1 Å². The van der Waals surface area contributed by atoms with Crippen molar-refractivity contribution >= 4 is 27.0 Å². The molecule has 2 heterocycles. The minimum Gasteiger partial charge on any atom is -0.379 e. The maximum absolute atomic E-state index is 13.1. The van der Waals surface area contributed by atoms with Crippen molar-refractivity contribution in [2.45, 2.75) is 44.7 Å². The van der Waals surface area contributed by atoms with Gasteiger partial charge in [0.25, 0.3) is 0 Å². The van der Waals surface area contributed by atoms with Gasteiger partial charge < -0.3 is 14.2 Å². The lowest BCUT2D eigenvalue weighted by Gasteiger charge is -2.26. The van der Waals surface area contributed by atoms with Crippen LogP contribution in [0.15, 0.2) is 53.4 Å². The van der Waals surface area contributed by atoms with Crippen molar-refractivity contribution in [1.29, 1.82) is 0 Å². The maximum atomic E-state index is 13.1. The number of morpholine rings is 1. The highest BCUT2D eigenvalue weighted by atomic mass is 32.2. The number of benzene rings is 2. The van der Waals surface area contributed by atoms with Crippen LogP contribution in [0.4, 0.5) is 0 Å². The standard InChI is InChI=1S/C25H32N4O4S/c1-3-27(19-20-8-6-5-7-9-20)25(30)13-12-24-26-22-18-21(10-11-23(22)29(24)4-2)34(31,32)28-14-16-33-17-15-28/h5-11,18H,3-4,12-17,19H2,1-2H3. The third-order valence-corrected chi connectivity index (χ3v) is 8.13. The van der Waals surface area contributed by atoms with Crippen molar-refractivity contribution < 1.29 is 17.9 Å². The Kier molecular flexibility index (Phi) is 7.65. The van der Waals surface area contributed by atoms with Crippen LogP contribution in [0.3, 0.4) is 0 Å². The molecule has 182 valence electrons. The summed E-state index contributed by atoms with van der Waals surface area (Å²) in [5.74, 6) is 0.874. The lowest BCUT2D eigenvalue weighted by molar-refractivity contribution is -0.131. The largest absolute Gasteiger partial charge is 0.379 e. The van der Waals surface area contributed by atoms with Crippen molar-refractivity contribution in [3.8, 4) is 0 Å². The number of carbonyl (C=O) groups is 1. The van der Waals surface area contributed by atoms with Crippen molar-refractivity contribution in [2.24, 2.45) is 0 Å². The van der Waals surface area contributed by atoms with E-state index in [1.165, 1.54) is 4.31 Å². The lowest BCUT2D eigenvalue weighted by Crippen LogP contribution is -2.40. The number of hydrogen-bond donors (Lipinski definition) is 0. The molecule has 34 heavy (non-hydrogen) atoms. The Balaban J connectivity index is 1.51. The van der Waals surface area contributed by atoms with Gasteiger partial charge in [0, 0.05) is 45.6 Å². The van der Waals surface area contributed by atoms with E-state index < -0.39 is 10.0 Å². The van der Waals surface area contributed by atoms with Crippen LogP contribution in [0.2, 0.25) is 0 Å². The summed E-state index contributed by atoms with van der Waals surface area (Å²) in [7, 11) is -3.59. The first-order chi connectivity index (χ1) is 16.4. The van der Waals surface area contributed by atoms with Gasteiger partial charge >= 0.3 is 0 Å². The molecule has 0 bridgehead atoms. The van der Waals surface area contributed by atoms with Crippen LogP contribution < -0.4 is 0 Å². The maximum Gasteiger partial charge on any atom is 0.243 e. The van der Waals surface area contributed by atoms with Gasteiger partial charge in [-0.25, -0.2) is 13.4 Å². The van der Waals surface area contributed by atoms with Gasteiger partial charge in [0.1, 0.15) is 5.82 Å². The third-order valence-electron chi connectivity index (χ3n) is 6.24. The molecule has 3 aromatic rings. The summed E-state index contributed by atoms with van der Waals surface area (Å²) in [4.78, 5) is 19.7. The van der Waals surface area contributed by atoms with Crippen LogP contribution >= 0.6 is 0 Å². The van der Waals surface area contributed by atoms with E-state index in [2.05, 4.69) is 4.57 Å². The molecule has 0 aliphatic carbocycles. The third kappa shape index (κ3) is 5.16. The van der Waals surface area contributed by atoms with Gasteiger partial charge in [-0.15, -0.1) is 0 Å². The Morgan fingerprint density at radius 2 is 1.82 bits per heavy atom. The number of aromatic nitrogens is 2. The van der Waals surface area contributed by atoms with Crippen molar-refractivity contribution in [3.05, 3.63) is 59.9 Å². The Morgan fingerprint density at radius 1 is 1.09 bits per heavy atom. The molecular weight excluding hydrogens is 452 g/mol. The zero-order valence-corrected chi connectivity index (χ0v) is 20.6. The highest BCUT2D eigenvalue weighted by Crippen LogP contribution is 2.24.